The Morgan fingerprint density at radius 2 is 2.29 bits per heavy atom. The Hall–Kier alpha value is -2.29. The van der Waals surface area contributed by atoms with Gasteiger partial charge in [0.1, 0.15) is 11.2 Å². The van der Waals surface area contributed by atoms with Crippen LogP contribution in [0, 0.1) is 10.1 Å². The molecule has 8 nitrogen and oxygen atoms in total. The molecule has 0 aliphatic rings. The Bertz CT molecular complexity index is 604. The molecule has 0 fully saturated rings. The zero-order valence-electron chi connectivity index (χ0n) is 11.7. The van der Waals surface area contributed by atoms with E-state index in [0.29, 0.717) is 12.5 Å². The number of thiazole rings is 1. The monoisotopic (exact) mass is 308 g/mol. The second-order valence-corrected chi connectivity index (χ2v) is 5.27. The predicted octanol–water partition coefficient (Wildman–Crippen LogP) is 2.84. The molecule has 2 aromatic rings. The van der Waals surface area contributed by atoms with E-state index >= 15 is 0 Å². The zero-order chi connectivity index (χ0) is 15.2. The summed E-state index contributed by atoms with van der Waals surface area (Å²) in [5.74, 6) is 0.563. The molecule has 1 unspecified atom stereocenters. The number of nitro groups is 1. The van der Waals surface area contributed by atoms with Crippen LogP contribution in [-0.4, -0.2) is 26.4 Å². The summed E-state index contributed by atoms with van der Waals surface area (Å²) in [6.45, 7) is 4.60. The molecule has 0 radical (unpaired) electrons. The molecule has 0 aliphatic carbocycles. The van der Waals surface area contributed by atoms with Crippen molar-refractivity contribution >= 4 is 28.8 Å². The quantitative estimate of drug-likeness (QED) is 0.598. The lowest BCUT2D eigenvalue weighted by molar-refractivity contribution is -0.384. The lowest BCUT2D eigenvalue weighted by Gasteiger charge is -2.12. The largest absolute Gasteiger partial charge is 0.355 e. The maximum atomic E-state index is 11.1. The van der Waals surface area contributed by atoms with Gasteiger partial charge in [-0.2, -0.15) is 4.98 Å². The van der Waals surface area contributed by atoms with Gasteiger partial charge in [0.2, 0.25) is 11.8 Å². The third kappa shape index (κ3) is 3.85. The zero-order valence-corrected chi connectivity index (χ0v) is 12.6. The molecule has 2 aromatic heterocycles. The Morgan fingerprint density at radius 1 is 1.48 bits per heavy atom. The summed E-state index contributed by atoms with van der Waals surface area (Å²) in [5.41, 5.74) is -0.152. The third-order valence-corrected chi connectivity index (χ3v) is 3.63. The van der Waals surface area contributed by atoms with Crippen LogP contribution in [-0.2, 0) is 0 Å². The predicted molar refractivity (Wildman–Crippen MR) is 81.6 cm³/mol. The first kappa shape index (κ1) is 15.1. The van der Waals surface area contributed by atoms with E-state index in [4.69, 9.17) is 0 Å². The van der Waals surface area contributed by atoms with E-state index in [9.17, 15) is 10.1 Å². The van der Waals surface area contributed by atoms with Crippen LogP contribution in [0.4, 0.5) is 17.5 Å². The van der Waals surface area contributed by atoms with Crippen LogP contribution in [0.25, 0.3) is 0 Å². The van der Waals surface area contributed by atoms with E-state index in [1.165, 1.54) is 17.5 Å². The van der Waals surface area contributed by atoms with E-state index in [2.05, 4.69) is 25.6 Å². The van der Waals surface area contributed by atoms with Gasteiger partial charge in [0.15, 0.2) is 0 Å². The maximum Gasteiger partial charge on any atom is 0.329 e. The Labute approximate surface area is 125 Å². The number of anilines is 2. The second-order valence-electron chi connectivity index (χ2n) is 4.35. The molecule has 9 heteroatoms. The molecule has 0 amide bonds. The van der Waals surface area contributed by atoms with Crippen LogP contribution in [0.15, 0.2) is 17.8 Å². The minimum absolute atomic E-state index is 0.152. The van der Waals surface area contributed by atoms with Gasteiger partial charge >= 0.3 is 5.69 Å². The Balaban J connectivity index is 2.23. The van der Waals surface area contributed by atoms with Gasteiger partial charge in [-0.05, 0) is 13.3 Å². The lowest BCUT2D eigenvalue weighted by Crippen LogP contribution is -2.12. The lowest BCUT2D eigenvalue weighted by atomic mass is 10.3. The molecule has 1 atom stereocenters. The van der Waals surface area contributed by atoms with Gasteiger partial charge in [0.25, 0.3) is 0 Å². The highest BCUT2D eigenvalue weighted by Crippen LogP contribution is 2.27. The Morgan fingerprint density at radius 3 is 2.90 bits per heavy atom. The van der Waals surface area contributed by atoms with Gasteiger partial charge in [-0.3, -0.25) is 10.1 Å². The van der Waals surface area contributed by atoms with Gasteiger partial charge < -0.3 is 10.6 Å². The van der Waals surface area contributed by atoms with E-state index in [-0.39, 0.29) is 17.5 Å². The normalized spacial score (nSPS) is 11.9. The molecule has 112 valence electrons. The van der Waals surface area contributed by atoms with Crippen molar-refractivity contribution < 1.29 is 4.92 Å². The number of hydrogen-bond donors (Lipinski definition) is 2. The minimum Gasteiger partial charge on any atom is -0.355 e. The standard InChI is InChI=1S/C12H16N6O2S/c1-3-4-14-12-15-7-9(18(19)20)10(17-12)16-8(2)11-13-5-6-21-11/h5-8H,3-4H2,1-2H3,(H2,14,15,16,17). The van der Waals surface area contributed by atoms with Gasteiger partial charge in [-0.25, -0.2) is 9.97 Å². The summed E-state index contributed by atoms with van der Waals surface area (Å²) < 4.78 is 0. The highest BCUT2D eigenvalue weighted by atomic mass is 32.1. The number of rotatable bonds is 7. The summed E-state index contributed by atoms with van der Waals surface area (Å²) >= 11 is 1.48. The molecule has 0 saturated heterocycles. The van der Waals surface area contributed by atoms with Crippen LogP contribution in [0.3, 0.4) is 0 Å². The van der Waals surface area contributed by atoms with Crippen molar-refractivity contribution in [2.75, 3.05) is 17.2 Å². The summed E-state index contributed by atoms with van der Waals surface area (Å²) in [7, 11) is 0. The van der Waals surface area contributed by atoms with Crippen LogP contribution in [0.1, 0.15) is 31.3 Å². The van der Waals surface area contributed by atoms with Crippen molar-refractivity contribution in [1.29, 1.82) is 0 Å². The molecule has 21 heavy (non-hydrogen) atoms. The summed E-state index contributed by atoms with van der Waals surface area (Å²) in [5, 5.41) is 19.8. The number of hydrogen-bond acceptors (Lipinski definition) is 8. The van der Waals surface area contributed by atoms with Crippen molar-refractivity contribution in [2.45, 2.75) is 26.3 Å². The smallest absolute Gasteiger partial charge is 0.329 e. The fraction of sp³-hybridized carbons (Fsp3) is 0.417. The SMILES string of the molecule is CCCNc1ncc([N+](=O)[O-])c(NC(C)c2nccs2)n1. The van der Waals surface area contributed by atoms with Crippen molar-refractivity contribution in [3.8, 4) is 0 Å². The Kier molecular flexibility index (Phi) is 4.99. The topological polar surface area (TPSA) is 106 Å². The van der Waals surface area contributed by atoms with Crippen LogP contribution in [0.2, 0.25) is 0 Å². The van der Waals surface area contributed by atoms with Crippen LogP contribution >= 0.6 is 11.3 Å². The average molecular weight is 308 g/mol. The molecular formula is C12H16N6O2S. The number of aromatic nitrogens is 3. The van der Waals surface area contributed by atoms with Crippen LogP contribution in [0.5, 0.6) is 0 Å². The minimum atomic E-state index is -0.499. The third-order valence-electron chi connectivity index (χ3n) is 2.67. The van der Waals surface area contributed by atoms with Crippen molar-refractivity contribution in [3.05, 3.63) is 32.9 Å². The molecule has 2 rings (SSSR count). The van der Waals surface area contributed by atoms with Gasteiger partial charge in [0.05, 0.1) is 11.0 Å². The summed E-state index contributed by atoms with van der Waals surface area (Å²) in [6, 6.07) is -0.169. The number of nitrogens with one attached hydrogen (secondary N) is 2. The van der Waals surface area contributed by atoms with Gasteiger partial charge in [-0.1, -0.05) is 6.92 Å². The first-order valence-electron chi connectivity index (χ1n) is 6.53. The molecule has 0 saturated carbocycles. The first-order chi connectivity index (χ1) is 10.1. The highest BCUT2D eigenvalue weighted by molar-refractivity contribution is 7.09. The van der Waals surface area contributed by atoms with E-state index < -0.39 is 4.92 Å². The molecule has 2 heterocycles. The fourth-order valence-corrected chi connectivity index (χ4v) is 2.30. The average Bonchev–Trinajstić information content (AvgIpc) is 2.99. The maximum absolute atomic E-state index is 11.1. The highest BCUT2D eigenvalue weighted by Gasteiger charge is 2.20. The van der Waals surface area contributed by atoms with E-state index in [1.54, 1.807) is 6.20 Å². The number of nitrogens with zero attached hydrogens (tertiary/aromatic N) is 4. The van der Waals surface area contributed by atoms with Gasteiger partial charge in [0, 0.05) is 18.1 Å². The summed E-state index contributed by atoms with van der Waals surface area (Å²) in [6.07, 6.45) is 3.82. The van der Waals surface area contributed by atoms with E-state index in [1.807, 2.05) is 19.2 Å². The van der Waals surface area contributed by atoms with Crippen molar-refractivity contribution in [2.24, 2.45) is 0 Å². The van der Waals surface area contributed by atoms with Crippen molar-refractivity contribution in [1.82, 2.24) is 15.0 Å². The second kappa shape index (κ2) is 6.93. The molecule has 2 N–H and O–H groups in total. The van der Waals surface area contributed by atoms with Crippen LogP contribution < -0.4 is 10.6 Å². The summed E-state index contributed by atoms with van der Waals surface area (Å²) in [4.78, 5) is 22.9. The van der Waals surface area contributed by atoms with Gasteiger partial charge in [-0.15, -0.1) is 11.3 Å². The molecular weight excluding hydrogens is 292 g/mol. The van der Waals surface area contributed by atoms with Crippen molar-refractivity contribution in [3.63, 3.8) is 0 Å². The molecule has 0 aliphatic heterocycles. The fourth-order valence-electron chi connectivity index (χ4n) is 1.65. The first-order valence-corrected chi connectivity index (χ1v) is 7.41. The molecule has 0 bridgehead atoms. The molecule has 0 spiro atoms. The van der Waals surface area contributed by atoms with E-state index in [0.717, 1.165) is 11.4 Å². The molecule has 0 aromatic carbocycles.